The van der Waals surface area contributed by atoms with Crippen LogP contribution in [0.1, 0.15) is 35.3 Å². The van der Waals surface area contributed by atoms with Crippen LogP contribution < -0.4 is 9.47 Å². The van der Waals surface area contributed by atoms with Gasteiger partial charge in [0.2, 0.25) is 0 Å². The lowest BCUT2D eigenvalue weighted by Gasteiger charge is -2.26. The van der Waals surface area contributed by atoms with Crippen molar-refractivity contribution in [3.05, 3.63) is 53.9 Å². The summed E-state index contributed by atoms with van der Waals surface area (Å²) in [5, 5.41) is 0. The molecule has 2 aromatic rings. The molecule has 0 bridgehead atoms. The molecule has 1 aromatic heterocycles. The lowest BCUT2D eigenvalue weighted by molar-refractivity contribution is 0.0792. The summed E-state index contributed by atoms with van der Waals surface area (Å²) in [5.74, 6) is 1.71. The van der Waals surface area contributed by atoms with Gasteiger partial charge in [0.25, 0.3) is 5.91 Å². The molecule has 0 N–H and O–H groups in total. The van der Waals surface area contributed by atoms with Gasteiger partial charge in [-0.15, -0.1) is 0 Å². The van der Waals surface area contributed by atoms with Crippen LogP contribution in [0.25, 0.3) is 0 Å². The molecule has 4 rings (SSSR count). The van der Waals surface area contributed by atoms with Gasteiger partial charge in [0.15, 0.2) is 11.5 Å². The van der Waals surface area contributed by atoms with Gasteiger partial charge in [-0.05, 0) is 49.9 Å². The Morgan fingerprint density at radius 1 is 1.16 bits per heavy atom. The number of benzene rings is 1. The van der Waals surface area contributed by atoms with E-state index in [-0.39, 0.29) is 12.0 Å². The van der Waals surface area contributed by atoms with Crippen LogP contribution in [0.5, 0.6) is 11.5 Å². The van der Waals surface area contributed by atoms with E-state index in [0.29, 0.717) is 6.61 Å². The second-order valence-electron chi connectivity index (χ2n) is 6.57. The number of carbonyl (C=O) groups is 1. The molecule has 1 aromatic carbocycles. The third kappa shape index (κ3) is 3.60. The molecular formula is C20H22N2O3. The standard InChI is InChI=1S/C20H22N2O3/c23-20(22-11-3-4-12-22)15-9-10-21-16(13-15)7-8-17-14-24-18-5-1-2-6-19(18)25-17/h1-2,5-6,9-10,13,17H,3-4,7-8,11-12,14H2/t17-/m0/s1. The molecule has 1 amide bonds. The van der Waals surface area contributed by atoms with Crippen LogP contribution in [0.15, 0.2) is 42.6 Å². The van der Waals surface area contributed by atoms with Crippen molar-refractivity contribution >= 4 is 5.91 Å². The average Bonchev–Trinajstić information content (AvgIpc) is 3.20. The molecule has 1 saturated heterocycles. The maximum absolute atomic E-state index is 12.5. The highest BCUT2D eigenvalue weighted by Crippen LogP contribution is 2.31. The van der Waals surface area contributed by atoms with Crippen molar-refractivity contribution in [1.82, 2.24) is 9.88 Å². The van der Waals surface area contributed by atoms with Gasteiger partial charge in [-0.2, -0.15) is 0 Å². The van der Waals surface area contributed by atoms with E-state index in [1.54, 1.807) is 12.3 Å². The molecule has 3 heterocycles. The lowest BCUT2D eigenvalue weighted by Crippen LogP contribution is -2.29. The van der Waals surface area contributed by atoms with Crippen LogP contribution in [0.2, 0.25) is 0 Å². The highest BCUT2D eigenvalue weighted by Gasteiger charge is 2.22. The minimum Gasteiger partial charge on any atom is -0.486 e. The van der Waals surface area contributed by atoms with E-state index >= 15 is 0 Å². The maximum Gasteiger partial charge on any atom is 0.253 e. The normalized spacial score (nSPS) is 19.0. The topological polar surface area (TPSA) is 51.7 Å². The number of para-hydroxylation sites is 2. The summed E-state index contributed by atoms with van der Waals surface area (Å²) in [6, 6.07) is 11.4. The Hall–Kier alpha value is -2.56. The van der Waals surface area contributed by atoms with Crippen LogP contribution >= 0.6 is 0 Å². The number of amides is 1. The van der Waals surface area contributed by atoms with Crippen molar-refractivity contribution in [2.24, 2.45) is 0 Å². The molecule has 5 nitrogen and oxygen atoms in total. The molecule has 0 aliphatic carbocycles. The number of fused-ring (bicyclic) bond motifs is 1. The summed E-state index contributed by atoms with van der Waals surface area (Å²) in [6.07, 6.45) is 5.51. The van der Waals surface area contributed by atoms with E-state index in [9.17, 15) is 4.79 Å². The number of carbonyl (C=O) groups excluding carboxylic acids is 1. The van der Waals surface area contributed by atoms with E-state index in [1.807, 2.05) is 35.2 Å². The van der Waals surface area contributed by atoms with Crippen molar-refractivity contribution in [2.45, 2.75) is 31.8 Å². The molecular weight excluding hydrogens is 316 g/mol. The number of hydrogen-bond donors (Lipinski definition) is 0. The van der Waals surface area contributed by atoms with Crippen LogP contribution in [0.3, 0.4) is 0 Å². The summed E-state index contributed by atoms with van der Waals surface area (Å²) in [7, 11) is 0. The van der Waals surface area contributed by atoms with Crippen molar-refractivity contribution < 1.29 is 14.3 Å². The molecule has 0 spiro atoms. The SMILES string of the molecule is O=C(c1ccnc(CC[C@H]2COc3ccccc3O2)c1)N1CCCC1. The summed E-state index contributed by atoms with van der Waals surface area (Å²) < 4.78 is 11.7. The Bertz CT molecular complexity index is 756. The van der Waals surface area contributed by atoms with Gasteiger partial charge < -0.3 is 14.4 Å². The predicted molar refractivity (Wildman–Crippen MR) is 94.0 cm³/mol. The fraction of sp³-hybridized carbons (Fsp3) is 0.400. The van der Waals surface area contributed by atoms with Crippen molar-refractivity contribution in [1.29, 1.82) is 0 Å². The van der Waals surface area contributed by atoms with Crippen molar-refractivity contribution in [2.75, 3.05) is 19.7 Å². The molecule has 2 aliphatic heterocycles. The maximum atomic E-state index is 12.5. The van der Waals surface area contributed by atoms with Crippen LogP contribution in [0, 0.1) is 0 Å². The molecule has 25 heavy (non-hydrogen) atoms. The number of aromatic nitrogens is 1. The van der Waals surface area contributed by atoms with E-state index in [0.717, 1.165) is 61.5 Å². The van der Waals surface area contributed by atoms with Gasteiger partial charge in [-0.3, -0.25) is 9.78 Å². The van der Waals surface area contributed by atoms with E-state index in [4.69, 9.17) is 9.47 Å². The molecule has 130 valence electrons. The Morgan fingerprint density at radius 3 is 2.80 bits per heavy atom. The Kier molecular flexibility index (Phi) is 4.55. The lowest BCUT2D eigenvalue weighted by atomic mass is 10.1. The van der Waals surface area contributed by atoms with E-state index < -0.39 is 0 Å². The molecule has 0 unspecified atom stereocenters. The first-order chi connectivity index (χ1) is 12.3. The summed E-state index contributed by atoms with van der Waals surface area (Å²) >= 11 is 0. The number of rotatable bonds is 4. The smallest absolute Gasteiger partial charge is 0.253 e. The Labute approximate surface area is 147 Å². The quantitative estimate of drug-likeness (QED) is 0.860. The fourth-order valence-corrected chi connectivity index (χ4v) is 3.36. The Morgan fingerprint density at radius 2 is 1.96 bits per heavy atom. The molecule has 1 atom stereocenters. The molecule has 5 heteroatoms. The molecule has 0 saturated carbocycles. The number of aryl methyl sites for hydroxylation is 1. The second kappa shape index (κ2) is 7.13. The Balaban J connectivity index is 1.37. The first-order valence-corrected chi connectivity index (χ1v) is 8.92. The monoisotopic (exact) mass is 338 g/mol. The van der Waals surface area contributed by atoms with Gasteiger partial charge in [-0.25, -0.2) is 0 Å². The van der Waals surface area contributed by atoms with Crippen LogP contribution in [-0.4, -0.2) is 41.6 Å². The highest BCUT2D eigenvalue weighted by atomic mass is 16.6. The molecule has 1 fully saturated rings. The zero-order valence-corrected chi connectivity index (χ0v) is 14.2. The van der Waals surface area contributed by atoms with Gasteiger partial charge in [0.05, 0.1) is 0 Å². The average molecular weight is 338 g/mol. The summed E-state index contributed by atoms with van der Waals surface area (Å²) in [6.45, 7) is 2.27. The predicted octanol–water partition coefficient (Wildman–Crippen LogP) is 3.09. The van der Waals surface area contributed by atoms with Gasteiger partial charge in [0, 0.05) is 30.5 Å². The summed E-state index contributed by atoms with van der Waals surface area (Å²) in [5.41, 5.74) is 1.66. The number of nitrogens with zero attached hydrogens (tertiary/aromatic N) is 2. The van der Waals surface area contributed by atoms with Crippen molar-refractivity contribution in [3.8, 4) is 11.5 Å². The number of likely N-dealkylation sites (tertiary alicyclic amines) is 1. The third-order valence-corrected chi connectivity index (χ3v) is 4.75. The number of hydrogen-bond acceptors (Lipinski definition) is 4. The fourth-order valence-electron chi connectivity index (χ4n) is 3.36. The third-order valence-electron chi connectivity index (χ3n) is 4.75. The molecule has 0 radical (unpaired) electrons. The van der Waals surface area contributed by atoms with Gasteiger partial charge >= 0.3 is 0 Å². The number of pyridine rings is 1. The highest BCUT2D eigenvalue weighted by molar-refractivity contribution is 5.94. The van der Waals surface area contributed by atoms with E-state index in [1.165, 1.54) is 0 Å². The van der Waals surface area contributed by atoms with Crippen LogP contribution in [-0.2, 0) is 6.42 Å². The zero-order chi connectivity index (χ0) is 17.1. The zero-order valence-electron chi connectivity index (χ0n) is 14.2. The number of ether oxygens (including phenoxy) is 2. The van der Waals surface area contributed by atoms with Crippen LogP contribution in [0.4, 0.5) is 0 Å². The van der Waals surface area contributed by atoms with E-state index in [2.05, 4.69) is 4.98 Å². The largest absolute Gasteiger partial charge is 0.486 e. The summed E-state index contributed by atoms with van der Waals surface area (Å²) in [4.78, 5) is 18.8. The minimum absolute atomic E-state index is 0.00893. The van der Waals surface area contributed by atoms with Gasteiger partial charge in [-0.1, -0.05) is 12.1 Å². The minimum atomic E-state index is 0.00893. The first-order valence-electron chi connectivity index (χ1n) is 8.92. The first kappa shape index (κ1) is 15.9. The van der Waals surface area contributed by atoms with Gasteiger partial charge in [0.1, 0.15) is 12.7 Å². The second-order valence-corrected chi connectivity index (χ2v) is 6.57. The van der Waals surface area contributed by atoms with Crippen molar-refractivity contribution in [3.63, 3.8) is 0 Å². The molecule has 2 aliphatic rings.